The van der Waals surface area contributed by atoms with Gasteiger partial charge in [-0.2, -0.15) is 0 Å². The second kappa shape index (κ2) is 5.25. The molecule has 1 aromatic carbocycles. The molecule has 0 aliphatic carbocycles. The second-order valence-corrected chi connectivity index (χ2v) is 5.22. The van der Waals surface area contributed by atoms with Gasteiger partial charge in [0.25, 0.3) is 0 Å². The molecule has 1 saturated heterocycles. The quantitative estimate of drug-likeness (QED) is 0.918. The maximum Gasteiger partial charge on any atom is 0.123 e. The molecule has 1 N–H and O–H groups in total. The first-order valence-electron chi connectivity index (χ1n) is 5.51. The standard InChI is InChI=1S/C12H16BrFN2/c1-16-5-4-11(8-16)15-7-9-6-10(14)2-3-12(9)13/h2-3,6,11,15H,4-5,7-8H2,1H3. The molecule has 1 aliphatic rings. The molecule has 0 amide bonds. The third kappa shape index (κ3) is 3.03. The Morgan fingerprint density at radius 1 is 1.56 bits per heavy atom. The zero-order valence-corrected chi connectivity index (χ0v) is 10.9. The average Bonchev–Trinajstić information content (AvgIpc) is 2.66. The highest BCUT2D eigenvalue weighted by Gasteiger charge is 2.18. The first-order chi connectivity index (χ1) is 7.65. The lowest BCUT2D eigenvalue weighted by molar-refractivity contribution is 0.397. The summed E-state index contributed by atoms with van der Waals surface area (Å²) in [4.78, 5) is 2.30. The van der Waals surface area contributed by atoms with Gasteiger partial charge in [-0.3, -0.25) is 0 Å². The molecule has 1 heterocycles. The van der Waals surface area contributed by atoms with Crippen molar-refractivity contribution in [3.05, 3.63) is 34.1 Å². The van der Waals surface area contributed by atoms with Crippen molar-refractivity contribution in [1.29, 1.82) is 0 Å². The van der Waals surface area contributed by atoms with Crippen molar-refractivity contribution in [2.75, 3.05) is 20.1 Å². The molecule has 1 unspecified atom stereocenters. The minimum atomic E-state index is -0.177. The van der Waals surface area contributed by atoms with Gasteiger partial charge < -0.3 is 10.2 Å². The van der Waals surface area contributed by atoms with E-state index in [1.807, 2.05) is 0 Å². The van der Waals surface area contributed by atoms with Crippen molar-refractivity contribution >= 4 is 15.9 Å². The molecule has 4 heteroatoms. The summed E-state index contributed by atoms with van der Waals surface area (Å²) in [6.07, 6.45) is 1.17. The summed E-state index contributed by atoms with van der Waals surface area (Å²) in [5.74, 6) is -0.177. The van der Waals surface area contributed by atoms with Gasteiger partial charge >= 0.3 is 0 Å². The van der Waals surface area contributed by atoms with Gasteiger partial charge in [0.1, 0.15) is 5.82 Å². The molecule has 1 fully saturated rings. The SMILES string of the molecule is CN1CCC(NCc2cc(F)ccc2Br)C1. The van der Waals surface area contributed by atoms with Gasteiger partial charge in [-0.05, 0) is 43.8 Å². The van der Waals surface area contributed by atoms with E-state index in [1.54, 1.807) is 12.1 Å². The summed E-state index contributed by atoms with van der Waals surface area (Å²) in [5.41, 5.74) is 0.981. The van der Waals surface area contributed by atoms with E-state index >= 15 is 0 Å². The smallest absolute Gasteiger partial charge is 0.123 e. The van der Waals surface area contributed by atoms with Gasteiger partial charge in [-0.25, -0.2) is 4.39 Å². The van der Waals surface area contributed by atoms with E-state index in [0.29, 0.717) is 6.04 Å². The molecule has 1 atom stereocenters. The van der Waals surface area contributed by atoms with E-state index in [4.69, 9.17) is 0 Å². The molecule has 16 heavy (non-hydrogen) atoms. The average molecular weight is 287 g/mol. The monoisotopic (exact) mass is 286 g/mol. The number of likely N-dealkylation sites (N-methyl/N-ethyl adjacent to an activating group) is 1. The predicted octanol–water partition coefficient (Wildman–Crippen LogP) is 2.38. The number of nitrogens with zero attached hydrogens (tertiary/aromatic N) is 1. The van der Waals surface area contributed by atoms with E-state index in [-0.39, 0.29) is 5.82 Å². The largest absolute Gasteiger partial charge is 0.309 e. The van der Waals surface area contributed by atoms with E-state index in [0.717, 1.165) is 29.7 Å². The fraction of sp³-hybridized carbons (Fsp3) is 0.500. The number of nitrogens with one attached hydrogen (secondary N) is 1. The lowest BCUT2D eigenvalue weighted by atomic mass is 10.2. The molecule has 0 radical (unpaired) electrons. The Bertz CT molecular complexity index is 370. The molecule has 2 rings (SSSR count). The molecular weight excluding hydrogens is 271 g/mol. The lowest BCUT2D eigenvalue weighted by Gasteiger charge is -2.13. The Labute approximate surface area is 104 Å². The summed E-state index contributed by atoms with van der Waals surface area (Å²) in [6.45, 7) is 2.94. The third-order valence-corrected chi connectivity index (χ3v) is 3.75. The number of halogens is 2. The van der Waals surface area contributed by atoms with Crippen molar-refractivity contribution < 1.29 is 4.39 Å². The van der Waals surface area contributed by atoms with E-state index < -0.39 is 0 Å². The van der Waals surface area contributed by atoms with Crippen LogP contribution in [0.5, 0.6) is 0 Å². The molecule has 0 spiro atoms. The van der Waals surface area contributed by atoms with Crippen LogP contribution in [0.1, 0.15) is 12.0 Å². The summed E-state index contributed by atoms with van der Waals surface area (Å²) in [6, 6.07) is 5.33. The van der Waals surface area contributed by atoms with Gasteiger partial charge in [0.05, 0.1) is 0 Å². The Hall–Kier alpha value is -0.450. The van der Waals surface area contributed by atoms with Gasteiger partial charge in [-0.1, -0.05) is 15.9 Å². The number of hydrogen-bond acceptors (Lipinski definition) is 2. The van der Waals surface area contributed by atoms with Crippen molar-refractivity contribution in [3.8, 4) is 0 Å². The van der Waals surface area contributed by atoms with Crippen molar-refractivity contribution in [1.82, 2.24) is 10.2 Å². The molecule has 0 saturated carbocycles. The summed E-state index contributed by atoms with van der Waals surface area (Å²) in [7, 11) is 2.12. The highest BCUT2D eigenvalue weighted by atomic mass is 79.9. The molecule has 0 aromatic heterocycles. The Kier molecular flexibility index (Phi) is 3.95. The van der Waals surface area contributed by atoms with Crippen LogP contribution in [-0.2, 0) is 6.54 Å². The van der Waals surface area contributed by atoms with Crippen LogP contribution < -0.4 is 5.32 Å². The number of benzene rings is 1. The number of hydrogen-bond donors (Lipinski definition) is 1. The van der Waals surface area contributed by atoms with Gasteiger partial charge in [0.2, 0.25) is 0 Å². The minimum absolute atomic E-state index is 0.177. The number of rotatable bonds is 3. The zero-order valence-electron chi connectivity index (χ0n) is 9.34. The second-order valence-electron chi connectivity index (χ2n) is 4.36. The van der Waals surface area contributed by atoms with Crippen molar-refractivity contribution in [2.45, 2.75) is 19.0 Å². The maximum absolute atomic E-state index is 13.1. The van der Waals surface area contributed by atoms with E-state index in [9.17, 15) is 4.39 Å². The molecule has 1 aromatic rings. The van der Waals surface area contributed by atoms with Crippen molar-refractivity contribution in [2.24, 2.45) is 0 Å². The van der Waals surface area contributed by atoms with Crippen LogP contribution in [0, 0.1) is 5.82 Å². The van der Waals surface area contributed by atoms with Crippen LogP contribution in [0.4, 0.5) is 4.39 Å². The van der Waals surface area contributed by atoms with Crippen LogP contribution in [-0.4, -0.2) is 31.1 Å². The van der Waals surface area contributed by atoms with Gasteiger partial charge in [0.15, 0.2) is 0 Å². The van der Waals surface area contributed by atoms with Crippen molar-refractivity contribution in [3.63, 3.8) is 0 Å². The Morgan fingerprint density at radius 3 is 3.06 bits per heavy atom. The fourth-order valence-electron chi connectivity index (χ4n) is 2.03. The van der Waals surface area contributed by atoms with Crippen LogP contribution >= 0.6 is 15.9 Å². The van der Waals surface area contributed by atoms with Crippen LogP contribution in [0.25, 0.3) is 0 Å². The molecular formula is C12H16BrFN2. The zero-order chi connectivity index (χ0) is 11.5. The Balaban J connectivity index is 1.91. The Morgan fingerprint density at radius 2 is 2.38 bits per heavy atom. The molecule has 2 nitrogen and oxygen atoms in total. The lowest BCUT2D eigenvalue weighted by Crippen LogP contribution is -2.31. The highest BCUT2D eigenvalue weighted by Crippen LogP contribution is 2.18. The molecule has 88 valence electrons. The van der Waals surface area contributed by atoms with Crippen LogP contribution in [0.2, 0.25) is 0 Å². The summed E-state index contributed by atoms with van der Waals surface area (Å²) < 4.78 is 14.0. The first-order valence-corrected chi connectivity index (χ1v) is 6.30. The summed E-state index contributed by atoms with van der Waals surface area (Å²) in [5, 5.41) is 3.46. The number of likely N-dealkylation sites (tertiary alicyclic amines) is 1. The normalized spacial score (nSPS) is 21.6. The predicted molar refractivity (Wildman–Crippen MR) is 66.8 cm³/mol. The highest BCUT2D eigenvalue weighted by molar-refractivity contribution is 9.10. The first kappa shape index (κ1) is 12.0. The third-order valence-electron chi connectivity index (χ3n) is 2.98. The minimum Gasteiger partial charge on any atom is -0.309 e. The van der Waals surface area contributed by atoms with Crippen LogP contribution in [0.3, 0.4) is 0 Å². The maximum atomic E-state index is 13.1. The van der Waals surface area contributed by atoms with Gasteiger partial charge in [-0.15, -0.1) is 0 Å². The van der Waals surface area contributed by atoms with Crippen LogP contribution in [0.15, 0.2) is 22.7 Å². The summed E-state index contributed by atoms with van der Waals surface area (Å²) >= 11 is 3.43. The van der Waals surface area contributed by atoms with Gasteiger partial charge in [0, 0.05) is 23.6 Å². The van der Waals surface area contributed by atoms with E-state index in [1.165, 1.54) is 12.5 Å². The van der Waals surface area contributed by atoms with E-state index in [2.05, 4.69) is 33.2 Å². The topological polar surface area (TPSA) is 15.3 Å². The molecule has 0 bridgehead atoms. The molecule has 1 aliphatic heterocycles. The fourth-order valence-corrected chi connectivity index (χ4v) is 2.42.